The highest BCUT2D eigenvalue weighted by atomic mass is 16.5. The number of aromatic nitrogens is 2. The minimum atomic E-state index is -1.24. The van der Waals surface area contributed by atoms with Crippen LogP contribution in [0.2, 0.25) is 0 Å². The van der Waals surface area contributed by atoms with Crippen LogP contribution in [0.15, 0.2) is 34.9 Å². The third-order valence-corrected chi connectivity index (χ3v) is 5.11. The van der Waals surface area contributed by atoms with Gasteiger partial charge in [-0.15, -0.1) is 0 Å². The maximum atomic E-state index is 13.1. The molecule has 0 radical (unpaired) electrons. The first-order valence-electron chi connectivity index (χ1n) is 8.70. The summed E-state index contributed by atoms with van der Waals surface area (Å²) in [5.41, 5.74) is -0.173. The molecule has 1 amide bonds. The maximum Gasteiger partial charge on any atom is 0.260 e. The lowest BCUT2D eigenvalue weighted by atomic mass is 10.0. The van der Waals surface area contributed by atoms with Crippen LogP contribution < -0.4 is 4.90 Å². The summed E-state index contributed by atoms with van der Waals surface area (Å²) >= 11 is 0. The molecular weight excluding hydrogens is 320 g/mol. The summed E-state index contributed by atoms with van der Waals surface area (Å²) in [6, 6.07) is 9.85. The van der Waals surface area contributed by atoms with Gasteiger partial charge in [0.1, 0.15) is 6.04 Å². The number of carbonyl (C=O) groups is 1. The molecular formula is C18H22N4O3. The number of nitrogens with zero attached hydrogens (tertiary/aromatic N) is 4. The van der Waals surface area contributed by atoms with Crippen molar-refractivity contribution in [2.24, 2.45) is 0 Å². The third kappa shape index (κ3) is 2.89. The maximum absolute atomic E-state index is 13.1. The molecule has 0 aliphatic carbocycles. The van der Waals surface area contributed by atoms with Crippen LogP contribution in [0, 0.1) is 6.92 Å². The molecule has 1 N–H and O–H groups in total. The van der Waals surface area contributed by atoms with Gasteiger partial charge in [0, 0.05) is 25.2 Å². The highest BCUT2D eigenvalue weighted by Crippen LogP contribution is 2.33. The molecule has 2 atom stereocenters. The van der Waals surface area contributed by atoms with E-state index in [2.05, 4.69) is 15.0 Å². The Morgan fingerprint density at radius 1 is 1.32 bits per heavy atom. The van der Waals surface area contributed by atoms with Gasteiger partial charge in [-0.25, -0.2) is 0 Å². The van der Waals surface area contributed by atoms with Gasteiger partial charge in [-0.05, 0) is 31.9 Å². The zero-order chi connectivity index (χ0) is 17.4. The normalized spacial score (nSPS) is 26.4. The Morgan fingerprint density at radius 3 is 2.84 bits per heavy atom. The quantitative estimate of drug-likeness (QED) is 0.909. The molecule has 7 heteroatoms. The van der Waals surface area contributed by atoms with Crippen LogP contribution >= 0.6 is 0 Å². The summed E-state index contributed by atoms with van der Waals surface area (Å²) < 4.78 is 5.14. The van der Waals surface area contributed by atoms with Gasteiger partial charge in [0.05, 0.1) is 6.54 Å². The van der Waals surface area contributed by atoms with Gasteiger partial charge in [0.15, 0.2) is 11.4 Å². The molecule has 4 rings (SSSR count). The summed E-state index contributed by atoms with van der Waals surface area (Å²) in [5.74, 6) is 0.749. The van der Waals surface area contributed by atoms with E-state index >= 15 is 0 Å². The Bertz CT molecular complexity index is 763. The second-order valence-electron chi connectivity index (χ2n) is 6.88. The monoisotopic (exact) mass is 342 g/mol. The Morgan fingerprint density at radius 2 is 2.12 bits per heavy atom. The minimum Gasteiger partial charge on any atom is -0.378 e. The van der Waals surface area contributed by atoms with E-state index in [4.69, 9.17) is 4.52 Å². The summed E-state index contributed by atoms with van der Waals surface area (Å²) in [5, 5.41) is 14.6. The molecule has 0 saturated carbocycles. The Kier molecular flexibility index (Phi) is 3.95. The van der Waals surface area contributed by atoms with Gasteiger partial charge in [-0.3, -0.25) is 4.79 Å². The standard InChI is InChI=1S/C18H22N4O3/c1-13-19-17(25-20-13)18(24)9-11-21(12-18)16(23)15-8-5-10-22(15)14-6-3-2-4-7-14/h2-4,6-7,15,24H,5,8-12H2,1H3. The second kappa shape index (κ2) is 6.15. The van der Waals surface area contributed by atoms with E-state index in [1.165, 1.54) is 0 Å². The van der Waals surface area contributed by atoms with Crippen molar-refractivity contribution in [2.45, 2.75) is 37.8 Å². The molecule has 7 nitrogen and oxygen atoms in total. The number of hydrogen-bond acceptors (Lipinski definition) is 6. The first kappa shape index (κ1) is 16.1. The van der Waals surface area contributed by atoms with Crippen molar-refractivity contribution in [3.63, 3.8) is 0 Å². The van der Waals surface area contributed by atoms with Crippen LogP contribution in [0.3, 0.4) is 0 Å². The number of β-amino-alcohol motifs (C(OH)–C–C–N with tert-alkyl or cyclic N) is 1. The van der Waals surface area contributed by atoms with Crippen molar-refractivity contribution in [1.29, 1.82) is 0 Å². The average molecular weight is 342 g/mol. The summed E-state index contributed by atoms with van der Waals surface area (Å²) in [4.78, 5) is 21.1. The fourth-order valence-electron chi connectivity index (χ4n) is 3.81. The molecule has 0 spiro atoms. The van der Waals surface area contributed by atoms with Crippen LogP contribution in [-0.4, -0.2) is 51.7 Å². The number of para-hydroxylation sites is 1. The summed E-state index contributed by atoms with van der Waals surface area (Å²) in [6.45, 7) is 3.29. The molecule has 25 heavy (non-hydrogen) atoms. The second-order valence-corrected chi connectivity index (χ2v) is 6.88. The van der Waals surface area contributed by atoms with Crippen LogP contribution in [0.5, 0.6) is 0 Å². The number of amides is 1. The van der Waals surface area contributed by atoms with Crippen molar-refractivity contribution >= 4 is 11.6 Å². The number of aliphatic hydroxyl groups is 1. The van der Waals surface area contributed by atoms with Crippen LogP contribution in [0.4, 0.5) is 5.69 Å². The average Bonchev–Trinajstić information content (AvgIpc) is 3.35. The predicted octanol–water partition coefficient (Wildman–Crippen LogP) is 1.47. The topological polar surface area (TPSA) is 82.7 Å². The molecule has 2 aliphatic heterocycles. The zero-order valence-electron chi connectivity index (χ0n) is 14.3. The molecule has 2 fully saturated rings. The highest BCUT2D eigenvalue weighted by molar-refractivity contribution is 5.86. The van der Waals surface area contributed by atoms with Crippen molar-refractivity contribution in [3.05, 3.63) is 42.0 Å². The Labute approximate surface area is 146 Å². The summed E-state index contributed by atoms with van der Waals surface area (Å²) in [7, 11) is 0. The largest absolute Gasteiger partial charge is 0.378 e. The Hall–Kier alpha value is -2.41. The number of hydrogen-bond donors (Lipinski definition) is 1. The van der Waals surface area contributed by atoms with E-state index in [0.717, 1.165) is 25.1 Å². The number of carbonyl (C=O) groups excluding carboxylic acids is 1. The minimum absolute atomic E-state index is 0.0634. The molecule has 2 unspecified atom stereocenters. The van der Waals surface area contributed by atoms with E-state index in [9.17, 15) is 9.90 Å². The number of benzene rings is 1. The molecule has 1 aromatic carbocycles. The molecule has 3 heterocycles. The van der Waals surface area contributed by atoms with Crippen LogP contribution in [-0.2, 0) is 10.4 Å². The van der Waals surface area contributed by atoms with E-state index in [1.54, 1.807) is 11.8 Å². The third-order valence-electron chi connectivity index (χ3n) is 5.11. The molecule has 132 valence electrons. The number of aryl methyl sites for hydroxylation is 1. The molecule has 1 aromatic heterocycles. The van der Waals surface area contributed by atoms with Crippen LogP contribution in [0.25, 0.3) is 0 Å². The van der Waals surface area contributed by atoms with Gasteiger partial charge < -0.3 is 19.4 Å². The van der Waals surface area contributed by atoms with Crippen molar-refractivity contribution in [3.8, 4) is 0 Å². The van der Waals surface area contributed by atoms with E-state index in [0.29, 0.717) is 18.8 Å². The van der Waals surface area contributed by atoms with Gasteiger partial charge in [-0.2, -0.15) is 4.98 Å². The predicted molar refractivity (Wildman–Crippen MR) is 90.9 cm³/mol. The number of anilines is 1. The fourth-order valence-corrected chi connectivity index (χ4v) is 3.81. The lowest BCUT2D eigenvalue weighted by molar-refractivity contribution is -0.132. The lowest BCUT2D eigenvalue weighted by Gasteiger charge is -2.29. The SMILES string of the molecule is Cc1noc(C2(O)CCN(C(=O)C3CCCN3c3ccccc3)C2)n1. The molecule has 2 aliphatic rings. The first-order valence-corrected chi connectivity index (χ1v) is 8.70. The van der Waals surface area contributed by atoms with E-state index in [1.807, 2.05) is 30.3 Å². The van der Waals surface area contributed by atoms with Crippen molar-refractivity contribution < 1.29 is 14.4 Å². The van der Waals surface area contributed by atoms with Gasteiger partial charge in [0.2, 0.25) is 5.91 Å². The van der Waals surface area contributed by atoms with E-state index in [-0.39, 0.29) is 24.4 Å². The number of rotatable bonds is 3. The van der Waals surface area contributed by atoms with Gasteiger partial charge in [-0.1, -0.05) is 23.4 Å². The smallest absolute Gasteiger partial charge is 0.260 e. The van der Waals surface area contributed by atoms with Gasteiger partial charge in [0.25, 0.3) is 5.89 Å². The summed E-state index contributed by atoms with van der Waals surface area (Å²) in [6.07, 6.45) is 2.24. The molecule has 2 saturated heterocycles. The van der Waals surface area contributed by atoms with Crippen molar-refractivity contribution in [2.75, 3.05) is 24.5 Å². The van der Waals surface area contributed by atoms with E-state index < -0.39 is 5.60 Å². The van der Waals surface area contributed by atoms with Crippen LogP contribution in [0.1, 0.15) is 31.0 Å². The highest BCUT2D eigenvalue weighted by Gasteiger charge is 2.46. The van der Waals surface area contributed by atoms with Gasteiger partial charge >= 0.3 is 0 Å². The lowest BCUT2D eigenvalue weighted by Crippen LogP contribution is -2.46. The molecule has 0 bridgehead atoms. The first-order chi connectivity index (χ1) is 12.1. The zero-order valence-corrected chi connectivity index (χ0v) is 14.3. The number of likely N-dealkylation sites (tertiary alicyclic amines) is 1. The molecule has 2 aromatic rings. The Balaban J connectivity index is 1.50. The fraction of sp³-hybridized carbons (Fsp3) is 0.500. The van der Waals surface area contributed by atoms with Crippen molar-refractivity contribution in [1.82, 2.24) is 15.0 Å².